The van der Waals surface area contributed by atoms with Gasteiger partial charge in [0, 0.05) is 24.2 Å². The molecule has 0 saturated carbocycles. The highest BCUT2D eigenvalue weighted by atomic mass is 32.1. The molecule has 0 aliphatic rings. The van der Waals surface area contributed by atoms with Crippen molar-refractivity contribution in [3.63, 3.8) is 0 Å². The van der Waals surface area contributed by atoms with Crippen LogP contribution in [0.1, 0.15) is 16.8 Å². The minimum atomic E-state index is -0.827. The van der Waals surface area contributed by atoms with Crippen LogP contribution in [0.5, 0.6) is 0 Å². The molecule has 0 bridgehead atoms. The highest BCUT2D eigenvalue weighted by molar-refractivity contribution is 7.07. The van der Waals surface area contributed by atoms with Crippen LogP contribution in [0.4, 0.5) is 0 Å². The van der Waals surface area contributed by atoms with Crippen molar-refractivity contribution in [2.45, 2.75) is 19.5 Å². The summed E-state index contributed by atoms with van der Waals surface area (Å²) < 4.78 is 0. The summed E-state index contributed by atoms with van der Waals surface area (Å²) in [6.45, 7) is 1.28. The van der Waals surface area contributed by atoms with E-state index in [-0.39, 0.29) is 11.3 Å². The summed E-state index contributed by atoms with van der Waals surface area (Å²) in [4.78, 5) is 24.2. The molecule has 0 amide bonds. The van der Waals surface area contributed by atoms with Gasteiger partial charge in [-0.05, 0) is 11.1 Å². The van der Waals surface area contributed by atoms with E-state index >= 15 is 0 Å². The molecule has 0 aliphatic carbocycles. The Morgan fingerprint density at radius 3 is 2.47 bits per heavy atom. The van der Waals surface area contributed by atoms with Crippen LogP contribution in [0.15, 0.2) is 34.4 Å². The standard InChI is InChI=1S/C13H14N2O3S/c16-12(17)5-9-1-3-10(4-2-9)6-14-7-11-8-19-13(18)15-11/h1-4,8,14H,5-7H2,(H,15,18)(H,16,17). The van der Waals surface area contributed by atoms with Gasteiger partial charge in [-0.1, -0.05) is 35.6 Å². The summed E-state index contributed by atoms with van der Waals surface area (Å²) in [6.07, 6.45) is 0.0455. The number of thiazole rings is 1. The maximum atomic E-state index is 10.9. The second kappa shape index (κ2) is 6.31. The van der Waals surface area contributed by atoms with E-state index in [1.54, 1.807) is 5.38 Å². The molecule has 0 fully saturated rings. The Morgan fingerprint density at radius 1 is 1.21 bits per heavy atom. The highest BCUT2D eigenvalue weighted by Crippen LogP contribution is 2.05. The zero-order valence-corrected chi connectivity index (χ0v) is 11.0. The van der Waals surface area contributed by atoms with Crippen molar-refractivity contribution in [3.8, 4) is 0 Å². The Bertz CT molecular complexity index is 601. The number of aromatic nitrogens is 1. The van der Waals surface area contributed by atoms with Crippen LogP contribution in [0.2, 0.25) is 0 Å². The van der Waals surface area contributed by atoms with Crippen molar-refractivity contribution >= 4 is 17.3 Å². The van der Waals surface area contributed by atoms with E-state index in [1.165, 1.54) is 0 Å². The zero-order chi connectivity index (χ0) is 13.7. The first kappa shape index (κ1) is 13.5. The average Bonchev–Trinajstić information content (AvgIpc) is 2.77. The van der Waals surface area contributed by atoms with Crippen molar-refractivity contribution in [1.29, 1.82) is 0 Å². The summed E-state index contributed by atoms with van der Waals surface area (Å²) in [5.74, 6) is -0.827. The number of carboxylic acid groups (broad SMARTS) is 1. The van der Waals surface area contributed by atoms with E-state index in [1.807, 2.05) is 24.3 Å². The number of hydrogen-bond acceptors (Lipinski definition) is 4. The first-order valence-corrected chi connectivity index (χ1v) is 6.68. The smallest absolute Gasteiger partial charge is 0.307 e. The van der Waals surface area contributed by atoms with Gasteiger partial charge in [-0.15, -0.1) is 0 Å². The van der Waals surface area contributed by atoms with Crippen LogP contribution < -0.4 is 10.2 Å². The monoisotopic (exact) mass is 278 g/mol. The highest BCUT2D eigenvalue weighted by Gasteiger charge is 2.01. The van der Waals surface area contributed by atoms with E-state index in [2.05, 4.69) is 10.3 Å². The Kier molecular flexibility index (Phi) is 4.48. The molecule has 1 aromatic carbocycles. The topological polar surface area (TPSA) is 82.2 Å². The van der Waals surface area contributed by atoms with E-state index in [4.69, 9.17) is 5.11 Å². The molecule has 0 saturated heterocycles. The normalized spacial score (nSPS) is 10.5. The van der Waals surface area contributed by atoms with Crippen LogP contribution in [-0.4, -0.2) is 16.1 Å². The quantitative estimate of drug-likeness (QED) is 0.745. The maximum Gasteiger partial charge on any atom is 0.307 e. The third-order valence-electron chi connectivity index (χ3n) is 2.59. The number of benzene rings is 1. The third kappa shape index (κ3) is 4.35. The Hall–Kier alpha value is -1.92. The van der Waals surface area contributed by atoms with Gasteiger partial charge >= 0.3 is 10.8 Å². The summed E-state index contributed by atoms with van der Waals surface area (Å²) in [5.41, 5.74) is 2.74. The van der Waals surface area contributed by atoms with E-state index in [9.17, 15) is 9.59 Å². The number of rotatable bonds is 6. The minimum absolute atomic E-state index is 0.0455. The molecule has 0 radical (unpaired) electrons. The van der Waals surface area contributed by atoms with Crippen LogP contribution >= 0.6 is 11.3 Å². The lowest BCUT2D eigenvalue weighted by Crippen LogP contribution is -2.13. The molecule has 1 aromatic heterocycles. The van der Waals surface area contributed by atoms with Crippen LogP contribution in [0.3, 0.4) is 0 Å². The molecule has 2 rings (SSSR count). The van der Waals surface area contributed by atoms with Crippen molar-refractivity contribution in [2.24, 2.45) is 0 Å². The largest absolute Gasteiger partial charge is 0.481 e. The average molecular weight is 278 g/mol. The van der Waals surface area contributed by atoms with Gasteiger partial charge in [0.1, 0.15) is 0 Å². The predicted octanol–water partition coefficient (Wildman–Crippen LogP) is 1.35. The Balaban J connectivity index is 1.83. The van der Waals surface area contributed by atoms with Crippen molar-refractivity contribution in [2.75, 3.05) is 0 Å². The molecule has 0 aliphatic heterocycles. The Morgan fingerprint density at radius 2 is 1.89 bits per heavy atom. The summed E-state index contributed by atoms with van der Waals surface area (Å²) >= 11 is 1.15. The molecule has 3 N–H and O–H groups in total. The van der Waals surface area contributed by atoms with Gasteiger partial charge in [0.25, 0.3) is 0 Å². The first-order chi connectivity index (χ1) is 9.13. The molecule has 5 nitrogen and oxygen atoms in total. The van der Waals surface area contributed by atoms with Crippen LogP contribution in [-0.2, 0) is 24.3 Å². The maximum absolute atomic E-state index is 10.9. The van der Waals surface area contributed by atoms with Gasteiger partial charge in [-0.2, -0.15) is 0 Å². The second-order valence-corrected chi connectivity index (χ2v) is 5.01. The fourth-order valence-electron chi connectivity index (χ4n) is 1.69. The van der Waals surface area contributed by atoms with Crippen molar-refractivity contribution in [1.82, 2.24) is 10.3 Å². The van der Waals surface area contributed by atoms with Gasteiger partial charge in [-0.3, -0.25) is 9.59 Å². The Labute approximate surface area is 113 Å². The lowest BCUT2D eigenvalue weighted by atomic mass is 10.1. The molecular weight excluding hydrogens is 264 g/mol. The number of carboxylic acids is 1. The van der Waals surface area contributed by atoms with Crippen LogP contribution in [0, 0.1) is 0 Å². The summed E-state index contributed by atoms with van der Waals surface area (Å²) in [7, 11) is 0. The zero-order valence-electron chi connectivity index (χ0n) is 10.2. The predicted molar refractivity (Wildman–Crippen MR) is 73.3 cm³/mol. The third-order valence-corrected chi connectivity index (χ3v) is 3.31. The molecular formula is C13H14N2O3S. The SMILES string of the molecule is O=C(O)Cc1ccc(CNCc2csc(=O)[nH]2)cc1. The molecule has 0 spiro atoms. The molecule has 0 atom stereocenters. The molecule has 2 aromatic rings. The van der Waals surface area contributed by atoms with Gasteiger partial charge in [0.2, 0.25) is 0 Å². The number of hydrogen-bond donors (Lipinski definition) is 3. The number of aliphatic carboxylic acids is 1. The van der Waals surface area contributed by atoms with Crippen LogP contribution in [0.25, 0.3) is 0 Å². The molecule has 0 unspecified atom stereocenters. The van der Waals surface area contributed by atoms with Gasteiger partial charge < -0.3 is 15.4 Å². The first-order valence-electron chi connectivity index (χ1n) is 5.80. The minimum Gasteiger partial charge on any atom is -0.481 e. The van der Waals surface area contributed by atoms with Gasteiger partial charge in [0.05, 0.1) is 6.42 Å². The molecule has 6 heteroatoms. The fraction of sp³-hybridized carbons (Fsp3) is 0.231. The van der Waals surface area contributed by atoms with E-state index < -0.39 is 5.97 Å². The van der Waals surface area contributed by atoms with Crippen molar-refractivity contribution in [3.05, 3.63) is 56.1 Å². The van der Waals surface area contributed by atoms with E-state index in [0.29, 0.717) is 13.1 Å². The lowest BCUT2D eigenvalue weighted by molar-refractivity contribution is -0.136. The summed E-state index contributed by atoms with van der Waals surface area (Å²) in [5, 5.41) is 13.7. The lowest BCUT2D eigenvalue weighted by Gasteiger charge is -2.04. The molecule has 19 heavy (non-hydrogen) atoms. The van der Waals surface area contributed by atoms with Gasteiger partial charge in [-0.25, -0.2) is 0 Å². The van der Waals surface area contributed by atoms with Crippen molar-refractivity contribution < 1.29 is 9.90 Å². The van der Waals surface area contributed by atoms with E-state index in [0.717, 1.165) is 28.2 Å². The fourth-order valence-corrected chi connectivity index (χ4v) is 2.27. The number of aromatic amines is 1. The number of carbonyl (C=O) groups is 1. The molecule has 100 valence electrons. The summed E-state index contributed by atoms with van der Waals surface area (Å²) in [6, 6.07) is 7.44. The second-order valence-electron chi connectivity index (χ2n) is 4.16. The molecule has 1 heterocycles. The number of nitrogens with one attached hydrogen (secondary N) is 2. The van der Waals surface area contributed by atoms with Gasteiger partial charge in [0.15, 0.2) is 0 Å². The number of H-pyrrole nitrogens is 1.